The number of rotatable bonds is 3. The molecule has 0 aromatic carbocycles. The number of hydrogen-bond donors (Lipinski definition) is 1. The zero-order valence-corrected chi connectivity index (χ0v) is 7.48. The summed E-state index contributed by atoms with van der Waals surface area (Å²) in [6.07, 6.45) is -3.12. The SMILES string of the molecule is C=C[C@H](C)NC(=O)C(C)C(F)(F)F. The van der Waals surface area contributed by atoms with Crippen LogP contribution in [0.1, 0.15) is 13.8 Å². The Morgan fingerprint density at radius 2 is 1.92 bits per heavy atom. The van der Waals surface area contributed by atoms with E-state index in [0.29, 0.717) is 0 Å². The largest absolute Gasteiger partial charge is 0.400 e. The Labute approximate surface area is 74.8 Å². The van der Waals surface area contributed by atoms with Gasteiger partial charge >= 0.3 is 6.18 Å². The average Bonchev–Trinajstić information content (AvgIpc) is 2.01. The molecule has 0 aromatic rings. The van der Waals surface area contributed by atoms with Crippen LogP contribution in [0.15, 0.2) is 12.7 Å². The van der Waals surface area contributed by atoms with Crippen molar-refractivity contribution in [3.8, 4) is 0 Å². The average molecular weight is 195 g/mol. The standard InChI is InChI=1S/C8H12F3NO/c1-4-5(2)12-7(13)6(3)8(9,10)11/h4-6H,1H2,2-3H3,(H,12,13)/t5-,6?/m0/s1. The van der Waals surface area contributed by atoms with Gasteiger partial charge in [-0.05, 0) is 13.8 Å². The highest BCUT2D eigenvalue weighted by Gasteiger charge is 2.41. The van der Waals surface area contributed by atoms with Crippen LogP contribution < -0.4 is 5.32 Å². The maximum Gasteiger partial charge on any atom is 0.400 e. The minimum Gasteiger partial charge on any atom is -0.350 e. The third-order valence-corrected chi connectivity index (χ3v) is 1.61. The Morgan fingerprint density at radius 1 is 1.46 bits per heavy atom. The van der Waals surface area contributed by atoms with Crippen molar-refractivity contribution in [1.82, 2.24) is 5.32 Å². The zero-order valence-electron chi connectivity index (χ0n) is 7.48. The topological polar surface area (TPSA) is 29.1 Å². The molecule has 1 N–H and O–H groups in total. The maximum atomic E-state index is 12.0. The molecule has 5 heteroatoms. The molecule has 0 rings (SSSR count). The minimum absolute atomic E-state index is 0.447. The highest BCUT2D eigenvalue weighted by atomic mass is 19.4. The highest BCUT2D eigenvalue weighted by molar-refractivity contribution is 5.79. The van der Waals surface area contributed by atoms with Crippen LogP contribution in [-0.4, -0.2) is 18.1 Å². The summed E-state index contributed by atoms with van der Waals surface area (Å²) in [4.78, 5) is 10.9. The molecule has 0 aliphatic heterocycles. The Morgan fingerprint density at radius 3 is 2.23 bits per heavy atom. The molecule has 0 bridgehead atoms. The summed E-state index contributed by atoms with van der Waals surface area (Å²) in [5.74, 6) is -3.00. The molecule has 1 amide bonds. The minimum atomic E-state index is -4.48. The van der Waals surface area contributed by atoms with Gasteiger partial charge in [0, 0.05) is 6.04 Å². The van der Waals surface area contributed by atoms with E-state index in [2.05, 4.69) is 11.9 Å². The number of halogens is 3. The van der Waals surface area contributed by atoms with Crippen LogP contribution >= 0.6 is 0 Å². The first kappa shape index (κ1) is 12.0. The van der Waals surface area contributed by atoms with E-state index in [0.717, 1.165) is 6.92 Å². The van der Waals surface area contributed by atoms with Crippen molar-refractivity contribution in [3.63, 3.8) is 0 Å². The van der Waals surface area contributed by atoms with Crippen molar-refractivity contribution in [3.05, 3.63) is 12.7 Å². The van der Waals surface area contributed by atoms with Gasteiger partial charge in [0.25, 0.3) is 0 Å². The third kappa shape index (κ3) is 3.96. The van der Waals surface area contributed by atoms with Gasteiger partial charge in [-0.1, -0.05) is 6.08 Å². The normalized spacial score (nSPS) is 16.1. The lowest BCUT2D eigenvalue weighted by Gasteiger charge is -2.17. The Hall–Kier alpha value is -1.00. The van der Waals surface area contributed by atoms with E-state index < -0.39 is 24.0 Å². The highest BCUT2D eigenvalue weighted by Crippen LogP contribution is 2.25. The van der Waals surface area contributed by atoms with Crippen molar-refractivity contribution in [2.24, 2.45) is 5.92 Å². The molecule has 0 saturated carbocycles. The molecule has 0 spiro atoms. The molecule has 0 aliphatic rings. The molecule has 0 saturated heterocycles. The summed E-state index contributed by atoms with van der Waals surface area (Å²) in [5.41, 5.74) is 0. The molecule has 0 radical (unpaired) electrons. The summed E-state index contributed by atoms with van der Waals surface area (Å²) in [5, 5.41) is 2.16. The van der Waals surface area contributed by atoms with Gasteiger partial charge in [0.15, 0.2) is 0 Å². The first-order valence-corrected chi connectivity index (χ1v) is 3.78. The first-order valence-electron chi connectivity index (χ1n) is 3.78. The molecule has 2 nitrogen and oxygen atoms in total. The second kappa shape index (κ2) is 4.30. The third-order valence-electron chi connectivity index (χ3n) is 1.61. The Bertz CT molecular complexity index is 200. The molecular formula is C8H12F3NO. The quantitative estimate of drug-likeness (QED) is 0.684. The molecule has 0 aliphatic carbocycles. The summed E-state index contributed by atoms with van der Waals surface area (Å²) in [7, 11) is 0. The smallest absolute Gasteiger partial charge is 0.350 e. The lowest BCUT2D eigenvalue weighted by Crippen LogP contribution is -2.40. The maximum absolute atomic E-state index is 12.0. The fraction of sp³-hybridized carbons (Fsp3) is 0.625. The van der Waals surface area contributed by atoms with Crippen molar-refractivity contribution in [2.75, 3.05) is 0 Å². The summed E-state index contributed by atoms with van der Waals surface area (Å²) in [6, 6.07) is -0.447. The van der Waals surface area contributed by atoms with Gasteiger partial charge in [-0.2, -0.15) is 13.2 Å². The van der Waals surface area contributed by atoms with Crippen LogP contribution in [0.5, 0.6) is 0 Å². The summed E-state index contributed by atoms with van der Waals surface area (Å²) in [6.45, 7) is 5.71. The van der Waals surface area contributed by atoms with E-state index in [-0.39, 0.29) is 0 Å². The van der Waals surface area contributed by atoms with Crippen LogP contribution in [0, 0.1) is 5.92 Å². The fourth-order valence-corrected chi connectivity index (χ4v) is 0.557. The van der Waals surface area contributed by atoms with Crippen molar-refractivity contribution in [1.29, 1.82) is 0 Å². The van der Waals surface area contributed by atoms with Gasteiger partial charge < -0.3 is 5.32 Å². The predicted molar refractivity (Wildman–Crippen MR) is 43.0 cm³/mol. The lowest BCUT2D eigenvalue weighted by molar-refractivity contribution is -0.179. The van der Waals surface area contributed by atoms with Crippen LogP contribution in [-0.2, 0) is 4.79 Å². The molecule has 76 valence electrons. The molecular weight excluding hydrogens is 183 g/mol. The Balaban J connectivity index is 4.20. The van der Waals surface area contributed by atoms with Gasteiger partial charge in [-0.3, -0.25) is 4.79 Å². The first-order chi connectivity index (χ1) is 5.79. The number of carbonyl (C=O) groups excluding carboxylic acids is 1. The van der Waals surface area contributed by atoms with Gasteiger partial charge in [-0.15, -0.1) is 6.58 Å². The van der Waals surface area contributed by atoms with E-state index in [1.54, 1.807) is 6.92 Å². The van der Waals surface area contributed by atoms with Crippen LogP contribution in [0.25, 0.3) is 0 Å². The van der Waals surface area contributed by atoms with E-state index in [1.807, 2.05) is 0 Å². The molecule has 0 aromatic heterocycles. The van der Waals surface area contributed by atoms with E-state index in [4.69, 9.17) is 0 Å². The number of alkyl halides is 3. The van der Waals surface area contributed by atoms with Crippen molar-refractivity contribution < 1.29 is 18.0 Å². The number of amides is 1. The van der Waals surface area contributed by atoms with Crippen molar-refractivity contribution >= 4 is 5.91 Å². The molecule has 1 unspecified atom stereocenters. The van der Waals surface area contributed by atoms with Gasteiger partial charge in [0.05, 0.1) is 0 Å². The van der Waals surface area contributed by atoms with E-state index in [1.165, 1.54) is 6.08 Å². The lowest BCUT2D eigenvalue weighted by atomic mass is 10.1. The molecule has 2 atom stereocenters. The monoisotopic (exact) mass is 195 g/mol. The molecule has 13 heavy (non-hydrogen) atoms. The number of nitrogens with one attached hydrogen (secondary N) is 1. The predicted octanol–water partition coefficient (Wildman–Crippen LogP) is 1.88. The molecule has 0 heterocycles. The number of hydrogen-bond acceptors (Lipinski definition) is 1. The zero-order chi connectivity index (χ0) is 10.6. The molecule has 0 fully saturated rings. The summed E-state index contributed by atoms with van der Waals surface area (Å²) >= 11 is 0. The van der Waals surface area contributed by atoms with Crippen LogP contribution in [0.2, 0.25) is 0 Å². The van der Waals surface area contributed by atoms with Crippen LogP contribution in [0.3, 0.4) is 0 Å². The second-order valence-electron chi connectivity index (χ2n) is 2.80. The van der Waals surface area contributed by atoms with E-state index >= 15 is 0 Å². The van der Waals surface area contributed by atoms with E-state index in [9.17, 15) is 18.0 Å². The van der Waals surface area contributed by atoms with Crippen LogP contribution in [0.4, 0.5) is 13.2 Å². The fourth-order valence-electron chi connectivity index (χ4n) is 0.557. The number of carbonyl (C=O) groups is 1. The summed E-state index contributed by atoms with van der Waals surface area (Å²) < 4.78 is 35.9. The van der Waals surface area contributed by atoms with Gasteiger partial charge in [0.1, 0.15) is 5.92 Å². The van der Waals surface area contributed by atoms with Crippen molar-refractivity contribution in [2.45, 2.75) is 26.1 Å². The van der Waals surface area contributed by atoms with Gasteiger partial charge in [0.2, 0.25) is 5.91 Å². The van der Waals surface area contributed by atoms with Gasteiger partial charge in [-0.25, -0.2) is 0 Å². The second-order valence-corrected chi connectivity index (χ2v) is 2.80. The Kier molecular flexibility index (Phi) is 3.97.